The first-order valence-electron chi connectivity index (χ1n) is 9.68. The van der Waals surface area contributed by atoms with Crippen LogP contribution in [0, 0.1) is 6.92 Å². The van der Waals surface area contributed by atoms with Crippen molar-refractivity contribution in [1.82, 2.24) is 9.55 Å². The molecular formula is C25H24N2O3. The number of allylic oxidation sites excluding steroid dienone is 2. The predicted molar refractivity (Wildman–Crippen MR) is 118 cm³/mol. The molecule has 0 fully saturated rings. The molecule has 1 aromatic carbocycles. The van der Waals surface area contributed by atoms with Crippen LogP contribution in [0.25, 0.3) is 12.2 Å². The van der Waals surface area contributed by atoms with Gasteiger partial charge in [0.2, 0.25) is 0 Å². The van der Waals surface area contributed by atoms with Crippen molar-refractivity contribution in [1.29, 1.82) is 0 Å². The second-order valence-corrected chi connectivity index (χ2v) is 6.95. The zero-order valence-corrected chi connectivity index (χ0v) is 17.1. The third-order valence-corrected chi connectivity index (χ3v) is 4.58. The number of ether oxygens (including phenoxy) is 1. The van der Waals surface area contributed by atoms with Crippen molar-refractivity contribution in [2.75, 3.05) is 0 Å². The van der Waals surface area contributed by atoms with Crippen molar-refractivity contribution in [3.05, 3.63) is 95.6 Å². The fourth-order valence-corrected chi connectivity index (χ4v) is 2.86. The number of aryl methyl sites for hydroxylation is 2. The molecule has 2 heterocycles. The number of nitrogens with zero attached hydrogens (tertiary/aromatic N) is 2. The Morgan fingerprint density at radius 1 is 1.03 bits per heavy atom. The number of rotatable bonds is 9. The first-order valence-corrected chi connectivity index (χ1v) is 9.68. The van der Waals surface area contributed by atoms with Gasteiger partial charge in [-0.1, -0.05) is 18.2 Å². The second-order valence-electron chi connectivity index (χ2n) is 6.95. The Bertz CT molecular complexity index is 1080. The van der Waals surface area contributed by atoms with Crippen molar-refractivity contribution in [2.45, 2.75) is 20.0 Å². The van der Waals surface area contributed by atoms with Gasteiger partial charge in [0, 0.05) is 25.1 Å². The van der Waals surface area contributed by atoms with E-state index in [9.17, 15) is 9.59 Å². The molecule has 0 atom stereocenters. The standard InChI is InChI=1S/C25H24N2O3/c1-19-16-25(30-18-21-6-3-4-14-26-21)13-9-20(19)8-11-23(28)17-24(29)12-10-22-7-5-15-27(22)2/h3-16H,17-18H2,1-2H3. The van der Waals surface area contributed by atoms with Gasteiger partial charge >= 0.3 is 0 Å². The van der Waals surface area contributed by atoms with E-state index in [4.69, 9.17) is 4.74 Å². The lowest BCUT2D eigenvalue weighted by Crippen LogP contribution is -2.02. The number of hydrogen-bond donors (Lipinski definition) is 0. The molecule has 0 unspecified atom stereocenters. The summed E-state index contributed by atoms with van der Waals surface area (Å²) in [6.07, 6.45) is 9.82. The van der Waals surface area contributed by atoms with Gasteiger partial charge in [0.25, 0.3) is 0 Å². The Labute approximate surface area is 176 Å². The molecule has 2 aromatic heterocycles. The van der Waals surface area contributed by atoms with Crippen molar-refractivity contribution < 1.29 is 14.3 Å². The van der Waals surface area contributed by atoms with Crippen molar-refractivity contribution in [3.8, 4) is 5.75 Å². The summed E-state index contributed by atoms with van der Waals surface area (Å²) in [6.45, 7) is 2.35. The average molecular weight is 400 g/mol. The Kier molecular flexibility index (Phi) is 7.11. The van der Waals surface area contributed by atoms with Gasteiger partial charge in [0.15, 0.2) is 11.6 Å². The van der Waals surface area contributed by atoms with Crippen molar-refractivity contribution in [2.24, 2.45) is 7.05 Å². The van der Waals surface area contributed by atoms with Gasteiger partial charge in [-0.15, -0.1) is 0 Å². The van der Waals surface area contributed by atoms with E-state index in [0.29, 0.717) is 6.61 Å². The summed E-state index contributed by atoms with van der Waals surface area (Å²) in [4.78, 5) is 28.3. The normalized spacial score (nSPS) is 11.3. The van der Waals surface area contributed by atoms with Crippen LogP contribution >= 0.6 is 0 Å². The molecule has 0 saturated heterocycles. The van der Waals surface area contributed by atoms with Gasteiger partial charge < -0.3 is 9.30 Å². The van der Waals surface area contributed by atoms with E-state index in [1.54, 1.807) is 18.3 Å². The van der Waals surface area contributed by atoms with Crippen LogP contribution in [0.15, 0.2) is 73.1 Å². The fraction of sp³-hybridized carbons (Fsp3) is 0.160. The van der Waals surface area contributed by atoms with Gasteiger partial charge in [-0.05, 0) is 72.7 Å². The minimum Gasteiger partial charge on any atom is -0.487 e. The lowest BCUT2D eigenvalue weighted by molar-refractivity contribution is -0.121. The molecule has 0 aliphatic heterocycles. The molecule has 3 aromatic rings. The zero-order valence-electron chi connectivity index (χ0n) is 17.1. The Morgan fingerprint density at radius 2 is 1.83 bits per heavy atom. The second kappa shape index (κ2) is 10.2. The molecule has 0 radical (unpaired) electrons. The number of aromatic nitrogens is 2. The number of ketones is 2. The molecule has 5 nitrogen and oxygen atoms in total. The van der Waals surface area contributed by atoms with Gasteiger partial charge in [-0.3, -0.25) is 14.6 Å². The lowest BCUT2D eigenvalue weighted by Gasteiger charge is -2.08. The molecule has 152 valence electrons. The molecule has 30 heavy (non-hydrogen) atoms. The first-order chi connectivity index (χ1) is 14.5. The molecule has 0 spiro atoms. The van der Waals surface area contributed by atoms with Crippen LogP contribution in [0.1, 0.15) is 28.9 Å². The first kappa shape index (κ1) is 21.0. The Hall–Kier alpha value is -3.73. The molecular weight excluding hydrogens is 376 g/mol. The minimum atomic E-state index is -0.230. The quantitative estimate of drug-likeness (QED) is 0.390. The van der Waals surface area contributed by atoms with E-state index in [1.807, 2.05) is 73.3 Å². The fourth-order valence-electron chi connectivity index (χ4n) is 2.86. The van der Waals surface area contributed by atoms with E-state index < -0.39 is 0 Å². The van der Waals surface area contributed by atoms with Crippen LogP contribution < -0.4 is 4.74 Å². The maximum absolute atomic E-state index is 12.1. The summed E-state index contributed by atoms with van der Waals surface area (Å²) in [6, 6.07) is 15.2. The molecule has 0 bridgehead atoms. The summed E-state index contributed by atoms with van der Waals surface area (Å²) in [5.74, 6) is 0.287. The molecule has 0 saturated carbocycles. The summed E-state index contributed by atoms with van der Waals surface area (Å²) in [5.41, 5.74) is 3.65. The molecule has 5 heteroatoms. The number of benzene rings is 1. The number of pyridine rings is 1. The minimum absolute atomic E-state index is 0.151. The van der Waals surface area contributed by atoms with Crippen molar-refractivity contribution in [3.63, 3.8) is 0 Å². The van der Waals surface area contributed by atoms with Crippen LogP contribution in [-0.4, -0.2) is 21.1 Å². The summed E-state index contributed by atoms with van der Waals surface area (Å²) in [7, 11) is 1.90. The van der Waals surface area contributed by atoms with Crippen LogP contribution in [0.2, 0.25) is 0 Å². The highest BCUT2D eigenvalue weighted by Gasteiger charge is 2.05. The van der Waals surface area contributed by atoms with Gasteiger partial charge in [0.05, 0.1) is 12.1 Å². The largest absolute Gasteiger partial charge is 0.487 e. The SMILES string of the molecule is Cc1cc(OCc2ccccn2)ccc1C=CC(=O)CC(=O)C=Cc1cccn1C. The third-order valence-electron chi connectivity index (χ3n) is 4.58. The summed E-state index contributed by atoms with van der Waals surface area (Å²) >= 11 is 0. The Morgan fingerprint density at radius 3 is 2.50 bits per heavy atom. The van der Waals surface area contributed by atoms with Gasteiger partial charge in [-0.2, -0.15) is 0 Å². The molecule has 0 aliphatic carbocycles. The molecule has 0 N–H and O–H groups in total. The van der Waals surface area contributed by atoms with Gasteiger partial charge in [0.1, 0.15) is 12.4 Å². The maximum atomic E-state index is 12.1. The van der Waals surface area contributed by atoms with E-state index in [2.05, 4.69) is 4.98 Å². The molecule has 0 amide bonds. The van der Waals surface area contributed by atoms with Crippen LogP contribution in [0.4, 0.5) is 0 Å². The lowest BCUT2D eigenvalue weighted by atomic mass is 10.1. The van der Waals surface area contributed by atoms with Gasteiger partial charge in [-0.25, -0.2) is 0 Å². The maximum Gasteiger partial charge on any atom is 0.163 e. The smallest absolute Gasteiger partial charge is 0.163 e. The van der Waals surface area contributed by atoms with E-state index >= 15 is 0 Å². The Balaban J connectivity index is 1.53. The number of carbonyl (C=O) groups excluding carboxylic acids is 2. The summed E-state index contributed by atoms with van der Waals surface area (Å²) < 4.78 is 7.67. The monoisotopic (exact) mass is 400 g/mol. The number of carbonyl (C=O) groups is 2. The predicted octanol–water partition coefficient (Wildman–Crippen LogP) is 4.56. The summed E-state index contributed by atoms with van der Waals surface area (Å²) in [5, 5.41) is 0. The molecule has 0 aliphatic rings. The average Bonchev–Trinajstić information content (AvgIpc) is 3.15. The van der Waals surface area contributed by atoms with Crippen molar-refractivity contribution >= 4 is 23.7 Å². The molecule has 3 rings (SSSR count). The zero-order chi connectivity index (χ0) is 21.3. The highest BCUT2D eigenvalue weighted by atomic mass is 16.5. The van der Waals surface area contributed by atoms with E-state index in [0.717, 1.165) is 28.3 Å². The van der Waals surface area contributed by atoms with Crippen LogP contribution in [0.3, 0.4) is 0 Å². The van der Waals surface area contributed by atoms with E-state index in [-0.39, 0.29) is 18.0 Å². The van der Waals surface area contributed by atoms with Crippen LogP contribution in [0.5, 0.6) is 5.75 Å². The van der Waals surface area contributed by atoms with Crippen LogP contribution in [-0.2, 0) is 23.2 Å². The van der Waals surface area contributed by atoms with E-state index in [1.165, 1.54) is 12.2 Å². The highest BCUT2D eigenvalue weighted by molar-refractivity contribution is 6.10. The highest BCUT2D eigenvalue weighted by Crippen LogP contribution is 2.19. The number of hydrogen-bond acceptors (Lipinski definition) is 4. The topological polar surface area (TPSA) is 61.2 Å². The third kappa shape index (κ3) is 6.14.